The molecule has 1 heterocycles. The van der Waals surface area contributed by atoms with Gasteiger partial charge in [0.15, 0.2) is 0 Å². The van der Waals surface area contributed by atoms with E-state index in [0.29, 0.717) is 32.0 Å². The van der Waals surface area contributed by atoms with Crippen molar-refractivity contribution >= 4 is 11.8 Å². The average Bonchev–Trinajstić information content (AvgIpc) is 2.40. The minimum Gasteiger partial charge on any atom is -0.448 e. The summed E-state index contributed by atoms with van der Waals surface area (Å²) in [6, 6.07) is 5.89. The maximum atomic E-state index is 13.3. The van der Waals surface area contributed by atoms with E-state index in [4.69, 9.17) is 9.47 Å². The molecule has 1 amide bonds. The molecule has 0 atom stereocenters. The van der Waals surface area contributed by atoms with Gasteiger partial charge in [0.1, 0.15) is 5.82 Å². The van der Waals surface area contributed by atoms with Crippen molar-refractivity contribution < 1.29 is 18.7 Å². The summed E-state index contributed by atoms with van der Waals surface area (Å²) >= 11 is 0. The fourth-order valence-electron chi connectivity index (χ4n) is 1.93. The molecule has 0 aromatic heterocycles. The molecule has 0 bridgehead atoms. The number of hydrazine groups is 1. The van der Waals surface area contributed by atoms with Crippen molar-refractivity contribution in [3.63, 3.8) is 0 Å². The summed E-state index contributed by atoms with van der Waals surface area (Å²) in [5.41, 5.74) is 0.459. The summed E-state index contributed by atoms with van der Waals surface area (Å²) in [6.45, 7) is 4.21. The van der Waals surface area contributed by atoms with E-state index in [1.807, 2.05) is 0 Å². The van der Waals surface area contributed by atoms with Gasteiger partial charge in [0.2, 0.25) is 0 Å². The van der Waals surface area contributed by atoms with Crippen LogP contribution in [0.4, 0.5) is 14.9 Å². The van der Waals surface area contributed by atoms with Crippen LogP contribution in [0.5, 0.6) is 0 Å². The Morgan fingerprint density at radius 2 is 2.21 bits per heavy atom. The van der Waals surface area contributed by atoms with Gasteiger partial charge in [-0.2, -0.15) is 0 Å². The highest BCUT2D eigenvalue weighted by atomic mass is 19.1. The minimum atomic E-state index is -0.505. The zero-order valence-electron chi connectivity index (χ0n) is 10.8. The van der Waals surface area contributed by atoms with Crippen LogP contribution in [0.15, 0.2) is 24.3 Å². The number of morpholine rings is 1. The number of hydrogen-bond donors (Lipinski definition) is 0. The van der Waals surface area contributed by atoms with Gasteiger partial charge in [0.25, 0.3) is 0 Å². The van der Waals surface area contributed by atoms with Crippen LogP contribution in [-0.4, -0.2) is 44.0 Å². The van der Waals surface area contributed by atoms with Crippen LogP contribution in [-0.2, 0) is 9.47 Å². The predicted octanol–water partition coefficient (Wildman–Crippen LogP) is 2.04. The van der Waals surface area contributed by atoms with Crippen molar-refractivity contribution in [1.82, 2.24) is 5.01 Å². The molecule has 0 unspecified atom stereocenters. The molecule has 5 nitrogen and oxygen atoms in total. The summed E-state index contributed by atoms with van der Waals surface area (Å²) in [5.74, 6) is -0.389. The molecule has 0 saturated carbocycles. The zero-order chi connectivity index (χ0) is 13.7. The maximum Gasteiger partial charge on any atom is 0.429 e. The van der Waals surface area contributed by atoms with Gasteiger partial charge in [-0.05, 0) is 25.1 Å². The monoisotopic (exact) mass is 268 g/mol. The molecule has 1 aliphatic heterocycles. The van der Waals surface area contributed by atoms with Crippen LogP contribution < -0.4 is 5.01 Å². The lowest BCUT2D eigenvalue weighted by atomic mass is 10.3. The van der Waals surface area contributed by atoms with Crippen LogP contribution in [0.25, 0.3) is 0 Å². The topological polar surface area (TPSA) is 42.0 Å². The lowest BCUT2D eigenvalue weighted by Crippen LogP contribution is -2.52. The van der Waals surface area contributed by atoms with Gasteiger partial charge in [-0.1, -0.05) is 6.07 Å². The van der Waals surface area contributed by atoms with E-state index in [2.05, 4.69) is 0 Å². The minimum absolute atomic E-state index is 0.273. The fraction of sp³-hybridized carbons (Fsp3) is 0.462. The number of amides is 1. The van der Waals surface area contributed by atoms with Crippen molar-refractivity contribution in [3.8, 4) is 0 Å². The van der Waals surface area contributed by atoms with Gasteiger partial charge >= 0.3 is 6.09 Å². The Hall–Kier alpha value is -1.66. The molecule has 1 saturated heterocycles. The molecular weight excluding hydrogens is 251 g/mol. The molecule has 1 aromatic rings. The van der Waals surface area contributed by atoms with Crippen molar-refractivity contribution in [2.75, 3.05) is 37.9 Å². The molecular formula is C13H17FN2O3. The lowest BCUT2D eigenvalue weighted by molar-refractivity contribution is 0.0294. The molecule has 1 aromatic carbocycles. The molecule has 0 aliphatic carbocycles. The quantitative estimate of drug-likeness (QED) is 0.841. The largest absolute Gasteiger partial charge is 0.448 e. The number of carbonyl (C=O) groups is 1. The standard InChI is InChI=1S/C13H17FN2O3/c1-2-19-13(17)16(15-6-8-18-9-7-15)12-5-3-4-11(14)10-12/h3-5,10H,2,6-9H2,1H3. The third-order valence-electron chi connectivity index (χ3n) is 2.76. The number of benzene rings is 1. The summed E-state index contributed by atoms with van der Waals surface area (Å²) < 4.78 is 23.6. The number of hydrogen-bond acceptors (Lipinski definition) is 4. The van der Waals surface area contributed by atoms with Crippen LogP contribution in [0.1, 0.15) is 6.92 Å². The highest BCUT2D eigenvalue weighted by Crippen LogP contribution is 2.20. The second-order valence-corrected chi connectivity index (χ2v) is 4.06. The number of ether oxygens (including phenoxy) is 2. The summed E-state index contributed by atoms with van der Waals surface area (Å²) in [4.78, 5) is 12.1. The Morgan fingerprint density at radius 1 is 1.47 bits per heavy atom. The molecule has 1 fully saturated rings. The van der Waals surface area contributed by atoms with Gasteiger partial charge in [-0.3, -0.25) is 0 Å². The smallest absolute Gasteiger partial charge is 0.429 e. The van der Waals surface area contributed by atoms with Crippen LogP contribution in [0.3, 0.4) is 0 Å². The van der Waals surface area contributed by atoms with Gasteiger partial charge in [0, 0.05) is 13.1 Å². The van der Waals surface area contributed by atoms with Crippen molar-refractivity contribution in [2.45, 2.75) is 6.92 Å². The Kier molecular flexibility index (Phi) is 4.70. The second-order valence-electron chi connectivity index (χ2n) is 4.06. The first-order valence-electron chi connectivity index (χ1n) is 6.27. The number of carbonyl (C=O) groups excluding carboxylic acids is 1. The van der Waals surface area contributed by atoms with Gasteiger partial charge in [0.05, 0.1) is 25.5 Å². The first-order chi connectivity index (χ1) is 9.22. The Bertz CT molecular complexity index is 436. The van der Waals surface area contributed by atoms with E-state index in [1.54, 1.807) is 24.1 Å². The summed E-state index contributed by atoms with van der Waals surface area (Å²) in [5, 5.41) is 3.17. The third kappa shape index (κ3) is 3.42. The van der Waals surface area contributed by atoms with Crippen LogP contribution >= 0.6 is 0 Å². The Morgan fingerprint density at radius 3 is 2.84 bits per heavy atom. The zero-order valence-corrected chi connectivity index (χ0v) is 10.8. The number of anilines is 1. The first kappa shape index (κ1) is 13.8. The van der Waals surface area contributed by atoms with E-state index in [9.17, 15) is 9.18 Å². The van der Waals surface area contributed by atoms with Crippen molar-refractivity contribution in [2.24, 2.45) is 0 Å². The lowest BCUT2D eigenvalue weighted by Gasteiger charge is -2.36. The molecule has 104 valence electrons. The molecule has 6 heteroatoms. The second kappa shape index (κ2) is 6.49. The van der Waals surface area contributed by atoms with Gasteiger partial charge < -0.3 is 9.47 Å². The van der Waals surface area contributed by atoms with E-state index in [-0.39, 0.29) is 12.4 Å². The van der Waals surface area contributed by atoms with E-state index in [0.717, 1.165) is 0 Å². The fourth-order valence-corrected chi connectivity index (χ4v) is 1.93. The van der Waals surface area contributed by atoms with Crippen molar-refractivity contribution in [1.29, 1.82) is 0 Å². The Labute approximate surface area is 111 Å². The van der Waals surface area contributed by atoms with Gasteiger partial charge in [-0.25, -0.2) is 19.2 Å². The normalized spacial score (nSPS) is 16.1. The van der Waals surface area contributed by atoms with Crippen LogP contribution in [0.2, 0.25) is 0 Å². The van der Waals surface area contributed by atoms with E-state index < -0.39 is 6.09 Å². The van der Waals surface area contributed by atoms with Crippen LogP contribution in [0, 0.1) is 5.82 Å². The molecule has 2 rings (SSSR count). The van der Waals surface area contributed by atoms with Gasteiger partial charge in [-0.15, -0.1) is 0 Å². The number of halogens is 1. The summed E-state index contributed by atoms with van der Waals surface area (Å²) in [7, 11) is 0. The highest BCUT2D eigenvalue weighted by molar-refractivity contribution is 5.86. The maximum absolute atomic E-state index is 13.3. The summed E-state index contributed by atoms with van der Waals surface area (Å²) in [6.07, 6.45) is -0.505. The molecule has 0 spiro atoms. The predicted molar refractivity (Wildman–Crippen MR) is 68.3 cm³/mol. The third-order valence-corrected chi connectivity index (χ3v) is 2.76. The highest BCUT2D eigenvalue weighted by Gasteiger charge is 2.26. The molecule has 1 aliphatic rings. The SMILES string of the molecule is CCOC(=O)N(c1cccc(F)c1)N1CCOCC1. The number of nitrogens with zero attached hydrogens (tertiary/aromatic N) is 2. The molecule has 0 radical (unpaired) electrons. The van der Waals surface area contributed by atoms with E-state index in [1.165, 1.54) is 17.1 Å². The number of rotatable bonds is 3. The van der Waals surface area contributed by atoms with Crippen molar-refractivity contribution in [3.05, 3.63) is 30.1 Å². The molecule has 0 N–H and O–H groups in total. The molecule has 19 heavy (non-hydrogen) atoms. The Balaban J connectivity index is 2.24. The first-order valence-corrected chi connectivity index (χ1v) is 6.27. The van der Waals surface area contributed by atoms with E-state index >= 15 is 0 Å². The average molecular weight is 268 g/mol.